The zero-order valence-corrected chi connectivity index (χ0v) is 12.8. The van der Waals surface area contributed by atoms with Gasteiger partial charge in [0.15, 0.2) is 0 Å². The average Bonchev–Trinajstić information content (AvgIpc) is 2.46. The van der Waals surface area contributed by atoms with E-state index in [9.17, 15) is 8.42 Å². The lowest BCUT2D eigenvalue weighted by molar-refractivity contribution is 0.0213. The molecule has 0 radical (unpaired) electrons. The van der Waals surface area contributed by atoms with E-state index in [0.29, 0.717) is 19.8 Å². The molecule has 1 saturated heterocycles. The predicted octanol–water partition coefficient (Wildman–Crippen LogP) is 0.734. The number of ether oxygens (including phenoxy) is 1. The summed E-state index contributed by atoms with van der Waals surface area (Å²) in [6.45, 7) is 5.32. The normalized spacial score (nSPS) is 18.9. The van der Waals surface area contributed by atoms with Crippen LogP contribution in [-0.4, -0.2) is 57.2 Å². The Morgan fingerprint density at radius 3 is 2.85 bits per heavy atom. The van der Waals surface area contributed by atoms with Gasteiger partial charge in [-0.3, -0.25) is 9.88 Å². The molecule has 0 aromatic carbocycles. The fourth-order valence-electron chi connectivity index (χ4n) is 2.02. The molecule has 20 heavy (non-hydrogen) atoms. The summed E-state index contributed by atoms with van der Waals surface area (Å²) in [6.07, 6.45) is 2.71. The van der Waals surface area contributed by atoms with Crippen molar-refractivity contribution in [3.05, 3.63) is 23.5 Å². The van der Waals surface area contributed by atoms with Crippen molar-refractivity contribution >= 4 is 21.6 Å². The number of pyridine rings is 1. The van der Waals surface area contributed by atoms with E-state index in [1.165, 1.54) is 18.5 Å². The number of aromatic nitrogens is 1. The summed E-state index contributed by atoms with van der Waals surface area (Å²) in [4.78, 5) is 6.00. The maximum Gasteiger partial charge on any atom is 0.243 e. The lowest BCUT2D eigenvalue weighted by atomic mass is 10.2. The monoisotopic (exact) mass is 319 g/mol. The van der Waals surface area contributed by atoms with Gasteiger partial charge in [-0.2, -0.15) is 0 Å². The molecule has 2 rings (SSSR count). The van der Waals surface area contributed by atoms with E-state index in [4.69, 9.17) is 16.3 Å². The number of hydrogen-bond donors (Lipinski definition) is 1. The summed E-state index contributed by atoms with van der Waals surface area (Å²) < 4.78 is 32.2. The second-order valence-electron chi connectivity index (χ2n) is 4.66. The molecular weight excluding hydrogens is 302 g/mol. The van der Waals surface area contributed by atoms with Crippen molar-refractivity contribution in [2.75, 3.05) is 32.8 Å². The Bertz CT molecular complexity index is 547. The molecule has 0 spiro atoms. The van der Waals surface area contributed by atoms with Crippen LogP contribution >= 0.6 is 11.6 Å². The van der Waals surface area contributed by atoms with Crippen molar-refractivity contribution in [2.24, 2.45) is 0 Å². The number of nitrogens with zero attached hydrogens (tertiary/aromatic N) is 2. The molecule has 1 aromatic heterocycles. The molecule has 1 aromatic rings. The summed E-state index contributed by atoms with van der Waals surface area (Å²) in [7, 11) is -3.63. The minimum absolute atomic E-state index is 0.0100. The highest BCUT2D eigenvalue weighted by atomic mass is 35.5. The van der Waals surface area contributed by atoms with Crippen LogP contribution in [0.4, 0.5) is 0 Å². The second-order valence-corrected chi connectivity index (χ2v) is 6.80. The first-order valence-electron chi connectivity index (χ1n) is 6.41. The zero-order valence-electron chi connectivity index (χ0n) is 11.3. The van der Waals surface area contributed by atoms with Crippen molar-refractivity contribution in [2.45, 2.75) is 17.9 Å². The molecule has 112 valence electrons. The Kier molecular flexibility index (Phi) is 5.34. The lowest BCUT2D eigenvalue weighted by Crippen LogP contribution is -2.47. The molecule has 0 bridgehead atoms. The molecule has 6 nitrogen and oxygen atoms in total. The van der Waals surface area contributed by atoms with Gasteiger partial charge in [-0.1, -0.05) is 11.6 Å². The van der Waals surface area contributed by atoms with E-state index in [1.54, 1.807) is 0 Å². The summed E-state index contributed by atoms with van der Waals surface area (Å²) in [5.74, 6) is 0. The predicted molar refractivity (Wildman–Crippen MR) is 76.3 cm³/mol. The first-order chi connectivity index (χ1) is 9.50. The Balaban J connectivity index is 1.97. The Morgan fingerprint density at radius 1 is 1.50 bits per heavy atom. The Hall–Kier alpha value is -0.730. The topological polar surface area (TPSA) is 71.5 Å². The Labute approximate surface area is 124 Å². The number of nitrogens with one attached hydrogen (secondary N) is 1. The molecule has 1 atom stereocenters. The van der Waals surface area contributed by atoms with Gasteiger partial charge in [-0.25, -0.2) is 13.1 Å². The molecule has 0 aliphatic carbocycles. The fourth-order valence-corrected chi connectivity index (χ4v) is 3.57. The molecule has 0 amide bonds. The van der Waals surface area contributed by atoms with Crippen LogP contribution in [0, 0.1) is 0 Å². The first-order valence-corrected chi connectivity index (χ1v) is 8.28. The number of sulfonamides is 1. The van der Waals surface area contributed by atoms with Gasteiger partial charge in [0.1, 0.15) is 4.90 Å². The van der Waals surface area contributed by atoms with E-state index in [1.807, 2.05) is 6.92 Å². The number of morpholine rings is 1. The number of rotatable bonds is 5. The summed E-state index contributed by atoms with van der Waals surface area (Å²) in [6, 6.07) is 1.56. The molecule has 1 N–H and O–H groups in total. The maximum atomic E-state index is 12.2. The summed E-state index contributed by atoms with van der Waals surface area (Å²) >= 11 is 5.89. The SMILES string of the molecule is C[C@@H](CNS(=O)(=O)c1cnccc1Cl)N1CCOCC1. The van der Waals surface area contributed by atoms with Gasteiger partial charge >= 0.3 is 0 Å². The van der Waals surface area contributed by atoms with Crippen LogP contribution in [0.15, 0.2) is 23.4 Å². The van der Waals surface area contributed by atoms with E-state index in [2.05, 4.69) is 14.6 Å². The molecule has 1 aliphatic heterocycles. The highest BCUT2D eigenvalue weighted by Crippen LogP contribution is 2.18. The van der Waals surface area contributed by atoms with Crippen LogP contribution in [0.5, 0.6) is 0 Å². The zero-order chi connectivity index (χ0) is 14.6. The van der Waals surface area contributed by atoms with Crippen LogP contribution < -0.4 is 4.72 Å². The molecular formula is C12H18ClN3O3S. The van der Waals surface area contributed by atoms with Gasteiger partial charge in [-0.15, -0.1) is 0 Å². The van der Waals surface area contributed by atoms with E-state index in [-0.39, 0.29) is 16.0 Å². The molecule has 2 heterocycles. The van der Waals surface area contributed by atoms with Crippen LogP contribution in [0.2, 0.25) is 5.02 Å². The minimum atomic E-state index is -3.63. The largest absolute Gasteiger partial charge is 0.379 e. The van der Waals surface area contributed by atoms with E-state index >= 15 is 0 Å². The van der Waals surface area contributed by atoms with Crippen LogP contribution in [0.25, 0.3) is 0 Å². The lowest BCUT2D eigenvalue weighted by Gasteiger charge is -2.32. The highest BCUT2D eigenvalue weighted by Gasteiger charge is 2.22. The van der Waals surface area contributed by atoms with Gasteiger partial charge < -0.3 is 4.74 Å². The third-order valence-corrected chi connectivity index (χ3v) is 5.15. The van der Waals surface area contributed by atoms with Gasteiger partial charge in [0, 0.05) is 38.1 Å². The Morgan fingerprint density at radius 2 is 2.20 bits per heavy atom. The molecule has 0 unspecified atom stereocenters. The number of halogens is 1. The molecule has 1 fully saturated rings. The first kappa shape index (κ1) is 15.7. The second kappa shape index (κ2) is 6.82. The van der Waals surface area contributed by atoms with Crippen molar-refractivity contribution in [1.29, 1.82) is 0 Å². The van der Waals surface area contributed by atoms with E-state index < -0.39 is 10.0 Å². The highest BCUT2D eigenvalue weighted by molar-refractivity contribution is 7.89. The van der Waals surface area contributed by atoms with Crippen molar-refractivity contribution in [3.63, 3.8) is 0 Å². The third kappa shape index (κ3) is 3.89. The minimum Gasteiger partial charge on any atom is -0.379 e. The van der Waals surface area contributed by atoms with Crippen LogP contribution in [0.3, 0.4) is 0 Å². The van der Waals surface area contributed by atoms with Gasteiger partial charge in [-0.05, 0) is 13.0 Å². The summed E-state index contributed by atoms with van der Waals surface area (Å²) in [5.41, 5.74) is 0. The fraction of sp³-hybridized carbons (Fsp3) is 0.583. The molecule has 1 aliphatic rings. The third-order valence-electron chi connectivity index (χ3n) is 3.26. The quantitative estimate of drug-likeness (QED) is 0.866. The van der Waals surface area contributed by atoms with Gasteiger partial charge in [0.25, 0.3) is 0 Å². The van der Waals surface area contributed by atoms with Crippen molar-refractivity contribution < 1.29 is 13.2 Å². The van der Waals surface area contributed by atoms with Crippen molar-refractivity contribution in [3.8, 4) is 0 Å². The average molecular weight is 320 g/mol. The summed E-state index contributed by atoms with van der Waals surface area (Å²) in [5, 5.41) is 0.173. The van der Waals surface area contributed by atoms with Gasteiger partial charge in [0.05, 0.1) is 18.2 Å². The maximum absolute atomic E-state index is 12.2. The van der Waals surface area contributed by atoms with Crippen LogP contribution in [-0.2, 0) is 14.8 Å². The standard InChI is InChI=1S/C12H18ClN3O3S/c1-10(16-4-6-19-7-5-16)8-15-20(17,18)12-9-14-3-2-11(12)13/h2-3,9-10,15H,4-8H2,1H3/t10-/m0/s1. The van der Waals surface area contributed by atoms with Gasteiger partial charge in [0.2, 0.25) is 10.0 Å². The smallest absolute Gasteiger partial charge is 0.243 e. The number of hydrogen-bond acceptors (Lipinski definition) is 5. The van der Waals surface area contributed by atoms with Crippen LogP contribution in [0.1, 0.15) is 6.92 Å². The molecule has 8 heteroatoms. The van der Waals surface area contributed by atoms with E-state index in [0.717, 1.165) is 13.1 Å². The van der Waals surface area contributed by atoms with Crippen molar-refractivity contribution in [1.82, 2.24) is 14.6 Å². The molecule has 0 saturated carbocycles.